The molecular weight excluding hydrogens is 188 g/mol. The first-order chi connectivity index (χ1) is 7.32. The quantitative estimate of drug-likeness (QED) is 0.668. The van der Waals surface area contributed by atoms with Crippen LogP contribution in [0.2, 0.25) is 0 Å². The summed E-state index contributed by atoms with van der Waals surface area (Å²) in [6, 6.07) is 7.78. The Morgan fingerprint density at radius 3 is 2.87 bits per heavy atom. The zero-order valence-electron chi connectivity index (χ0n) is 8.55. The molecule has 2 heterocycles. The third kappa shape index (κ3) is 1.20. The van der Waals surface area contributed by atoms with E-state index in [4.69, 9.17) is 0 Å². The molecule has 1 saturated heterocycles. The summed E-state index contributed by atoms with van der Waals surface area (Å²) in [5, 5.41) is 6.69. The molecule has 2 N–H and O–H groups in total. The summed E-state index contributed by atoms with van der Waals surface area (Å²) in [5.41, 5.74) is 1.48. The first-order valence-corrected chi connectivity index (χ1v) is 5.45. The molecule has 0 aliphatic carbocycles. The molecule has 3 nitrogen and oxygen atoms in total. The fourth-order valence-corrected chi connectivity index (χ4v) is 2.57. The smallest absolute Gasteiger partial charge is 0.191 e. The molecule has 1 aromatic rings. The molecule has 0 amide bonds. The van der Waals surface area contributed by atoms with Gasteiger partial charge in [-0.1, -0.05) is 12.1 Å². The number of carbonyl (C=O) groups excluding carboxylic acids is 1. The number of carbonyl (C=O) groups is 1. The molecule has 2 aliphatic rings. The van der Waals surface area contributed by atoms with Crippen molar-refractivity contribution in [3.63, 3.8) is 0 Å². The Labute approximate surface area is 88.9 Å². The highest BCUT2D eigenvalue weighted by molar-refractivity contribution is 6.13. The van der Waals surface area contributed by atoms with Gasteiger partial charge >= 0.3 is 0 Å². The molecule has 0 radical (unpaired) electrons. The largest absolute Gasteiger partial charge is 0.371 e. The number of benzene rings is 1. The number of Topliss-reactive ketones (excluding diaryl/α,β-unsaturated/α-hetero) is 1. The van der Waals surface area contributed by atoms with E-state index >= 15 is 0 Å². The summed E-state index contributed by atoms with van der Waals surface area (Å²) >= 11 is 0. The van der Waals surface area contributed by atoms with Crippen molar-refractivity contribution in [2.24, 2.45) is 0 Å². The van der Waals surface area contributed by atoms with E-state index in [0.29, 0.717) is 0 Å². The zero-order chi connectivity index (χ0) is 10.3. The Balaban J connectivity index is 2.01. The second-order valence-corrected chi connectivity index (χ2v) is 4.36. The third-order valence-corrected chi connectivity index (χ3v) is 3.36. The van der Waals surface area contributed by atoms with Crippen LogP contribution in [0.3, 0.4) is 0 Å². The van der Waals surface area contributed by atoms with E-state index < -0.39 is 0 Å². The van der Waals surface area contributed by atoms with Gasteiger partial charge in [0, 0.05) is 17.8 Å². The van der Waals surface area contributed by atoms with Gasteiger partial charge < -0.3 is 10.6 Å². The van der Waals surface area contributed by atoms with E-state index in [0.717, 1.165) is 37.2 Å². The van der Waals surface area contributed by atoms with Crippen LogP contribution in [-0.2, 0) is 0 Å². The van der Waals surface area contributed by atoms with Gasteiger partial charge in [-0.15, -0.1) is 0 Å². The summed E-state index contributed by atoms with van der Waals surface area (Å²) in [6.07, 6.45) is 2.00. The van der Waals surface area contributed by atoms with Crippen LogP contribution in [0.1, 0.15) is 23.2 Å². The van der Waals surface area contributed by atoms with Crippen LogP contribution < -0.4 is 10.6 Å². The summed E-state index contributed by atoms with van der Waals surface area (Å²) in [7, 11) is 0. The molecule has 0 bridgehead atoms. The van der Waals surface area contributed by atoms with E-state index in [2.05, 4.69) is 10.6 Å². The Kier molecular flexibility index (Phi) is 1.83. The number of rotatable bonds is 0. The van der Waals surface area contributed by atoms with Crippen LogP contribution in [0.15, 0.2) is 24.3 Å². The molecule has 0 saturated carbocycles. The van der Waals surface area contributed by atoms with Crippen LogP contribution in [0, 0.1) is 0 Å². The van der Waals surface area contributed by atoms with Crippen molar-refractivity contribution < 1.29 is 4.79 Å². The van der Waals surface area contributed by atoms with Gasteiger partial charge in [0.2, 0.25) is 0 Å². The second-order valence-electron chi connectivity index (χ2n) is 4.36. The van der Waals surface area contributed by atoms with Crippen molar-refractivity contribution in [2.45, 2.75) is 18.4 Å². The Morgan fingerprint density at radius 1 is 1.27 bits per heavy atom. The molecule has 1 fully saturated rings. The van der Waals surface area contributed by atoms with Crippen molar-refractivity contribution >= 4 is 11.5 Å². The number of para-hydroxylation sites is 1. The molecule has 1 atom stereocenters. The lowest BCUT2D eigenvalue weighted by atomic mass is 9.86. The summed E-state index contributed by atoms with van der Waals surface area (Å²) in [4.78, 5) is 12.3. The lowest BCUT2D eigenvalue weighted by molar-refractivity contribution is 0.0897. The average molecular weight is 202 g/mol. The molecule has 78 valence electrons. The molecule has 3 rings (SSSR count). The summed E-state index contributed by atoms with van der Waals surface area (Å²) in [6.45, 7) is 1.77. The van der Waals surface area contributed by atoms with Crippen molar-refractivity contribution in [1.29, 1.82) is 0 Å². The second kappa shape index (κ2) is 3.07. The molecular formula is C12H14N2O. The summed E-state index contributed by atoms with van der Waals surface area (Å²) in [5.74, 6) is 0.255. The zero-order valence-corrected chi connectivity index (χ0v) is 8.55. The number of fused-ring (bicyclic) bond motifs is 1. The highest BCUT2D eigenvalue weighted by Gasteiger charge is 2.45. The number of anilines is 1. The van der Waals surface area contributed by atoms with Crippen LogP contribution >= 0.6 is 0 Å². The molecule has 1 aromatic carbocycles. The molecule has 1 unspecified atom stereocenters. The number of hydrogen-bond acceptors (Lipinski definition) is 3. The van der Waals surface area contributed by atoms with Gasteiger partial charge in [0.15, 0.2) is 5.78 Å². The Hall–Kier alpha value is -1.35. The monoisotopic (exact) mass is 202 g/mol. The van der Waals surface area contributed by atoms with Crippen molar-refractivity contribution in [2.75, 3.05) is 18.4 Å². The Morgan fingerprint density at radius 2 is 2.13 bits per heavy atom. The minimum absolute atomic E-state index is 0.255. The maximum Gasteiger partial charge on any atom is 0.191 e. The van der Waals surface area contributed by atoms with E-state index in [1.54, 1.807) is 0 Å². The van der Waals surface area contributed by atoms with E-state index in [-0.39, 0.29) is 11.3 Å². The number of hydrogen-bond donors (Lipinski definition) is 2. The van der Waals surface area contributed by atoms with Gasteiger partial charge in [-0.2, -0.15) is 0 Å². The standard InChI is InChI=1S/C12H14N2O/c15-11-9-4-1-2-5-10(9)14-12(11)6-3-7-13-8-12/h1-2,4-5,13-14H,3,6-8H2. The molecule has 1 spiro atoms. The fourth-order valence-electron chi connectivity index (χ4n) is 2.57. The average Bonchev–Trinajstić information content (AvgIpc) is 2.54. The highest BCUT2D eigenvalue weighted by atomic mass is 16.1. The third-order valence-electron chi connectivity index (χ3n) is 3.36. The molecule has 2 aliphatic heterocycles. The fraction of sp³-hybridized carbons (Fsp3) is 0.417. The molecule has 3 heteroatoms. The minimum atomic E-state index is -0.359. The van der Waals surface area contributed by atoms with Gasteiger partial charge in [-0.3, -0.25) is 4.79 Å². The predicted molar refractivity (Wildman–Crippen MR) is 59.2 cm³/mol. The van der Waals surface area contributed by atoms with Crippen molar-refractivity contribution in [3.8, 4) is 0 Å². The maximum absolute atomic E-state index is 12.3. The predicted octanol–water partition coefficient (Wildman–Crippen LogP) is 1.42. The van der Waals surface area contributed by atoms with Gasteiger partial charge in [0.05, 0.1) is 0 Å². The first kappa shape index (κ1) is 8.92. The van der Waals surface area contributed by atoms with Crippen LogP contribution in [0.25, 0.3) is 0 Å². The van der Waals surface area contributed by atoms with Gasteiger partial charge in [0.25, 0.3) is 0 Å². The highest BCUT2D eigenvalue weighted by Crippen LogP contribution is 2.35. The first-order valence-electron chi connectivity index (χ1n) is 5.45. The van der Waals surface area contributed by atoms with Crippen molar-refractivity contribution in [1.82, 2.24) is 5.32 Å². The minimum Gasteiger partial charge on any atom is -0.371 e. The topological polar surface area (TPSA) is 41.1 Å². The van der Waals surface area contributed by atoms with Crippen LogP contribution in [0.4, 0.5) is 5.69 Å². The van der Waals surface area contributed by atoms with Crippen molar-refractivity contribution in [3.05, 3.63) is 29.8 Å². The maximum atomic E-state index is 12.3. The lowest BCUT2D eigenvalue weighted by Crippen LogP contribution is -2.53. The van der Waals surface area contributed by atoms with Gasteiger partial charge in [-0.05, 0) is 31.5 Å². The van der Waals surface area contributed by atoms with E-state index in [1.165, 1.54) is 0 Å². The number of piperidine rings is 1. The van der Waals surface area contributed by atoms with E-state index in [9.17, 15) is 4.79 Å². The lowest BCUT2D eigenvalue weighted by Gasteiger charge is -2.32. The van der Waals surface area contributed by atoms with Gasteiger partial charge in [-0.25, -0.2) is 0 Å². The van der Waals surface area contributed by atoms with Crippen LogP contribution in [0.5, 0.6) is 0 Å². The number of nitrogens with one attached hydrogen (secondary N) is 2. The van der Waals surface area contributed by atoms with E-state index in [1.807, 2.05) is 24.3 Å². The Bertz CT molecular complexity index is 408. The van der Waals surface area contributed by atoms with Gasteiger partial charge in [0.1, 0.15) is 5.54 Å². The van der Waals surface area contributed by atoms with Crippen LogP contribution in [-0.4, -0.2) is 24.4 Å². The molecule has 0 aromatic heterocycles. The summed E-state index contributed by atoms with van der Waals surface area (Å²) < 4.78 is 0. The normalized spacial score (nSPS) is 28.9. The number of ketones is 1. The SMILES string of the molecule is O=C1c2ccccc2NC12CCCNC2. The molecule has 15 heavy (non-hydrogen) atoms.